The van der Waals surface area contributed by atoms with Gasteiger partial charge in [0.2, 0.25) is 5.91 Å². The van der Waals surface area contributed by atoms with E-state index in [9.17, 15) is 14.7 Å². The van der Waals surface area contributed by atoms with Crippen molar-refractivity contribution in [2.45, 2.75) is 12.5 Å². The van der Waals surface area contributed by atoms with Crippen molar-refractivity contribution in [3.63, 3.8) is 0 Å². The minimum absolute atomic E-state index is 0.0569. The molecular formula is C11H12NO5. The van der Waals surface area contributed by atoms with Gasteiger partial charge in [0.05, 0.1) is 0 Å². The summed E-state index contributed by atoms with van der Waals surface area (Å²) < 4.78 is 0. The highest BCUT2D eigenvalue weighted by Crippen LogP contribution is 2.11. The zero-order chi connectivity index (χ0) is 12.8. The second kappa shape index (κ2) is 5.86. The number of phenols is 1. The van der Waals surface area contributed by atoms with Crippen molar-refractivity contribution in [2.24, 2.45) is 0 Å². The number of carboxylic acids is 1. The van der Waals surface area contributed by atoms with E-state index in [0.29, 0.717) is 5.56 Å². The number of benzene rings is 1. The number of phenolic OH excluding ortho intramolecular Hbond substituents is 1. The van der Waals surface area contributed by atoms with Crippen LogP contribution in [0.5, 0.6) is 5.75 Å². The van der Waals surface area contributed by atoms with Crippen LogP contribution < -0.4 is 5.32 Å². The van der Waals surface area contributed by atoms with Gasteiger partial charge in [-0.15, -0.1) is 0 Å². The Balaban J connectivity index is 2.70. The lowest BCUT2D eigenvalue weighted by Crippen LogP contribution is -2.43. The van der Waals surface area contributed by atoms with Crippen LogP contribution in [-0.2, 0) is 21.1 Å². The molecule has 0 aliphatic heterocycles. The fourth-order valence-electron chi connectivity index (χ4n) is 1.30. The van der Waals surface area contributed by atoms with E-state index in [1.54, 1.807) is 12.1 Å². The Kier molecular flexibility index (Phi) is 4.47. The largest absolute Gasteiger partial charge is 0.508 e. The summed E-state index contributed by atoms with van der Waals surface area (Å²) in [4.78, 5) is 21.7. The molecule has 1 aromatic carbocycles. The van der Waals surface area contributed by atoms with E-state index < -0.39 is 24.5 Å². The predicted molar refractivity (Wildman–Crippen MR) is 56.9 cm³/mol. The van der Waals surface area contributed by atoms with Gasteiger partial charge in [-0.2, -0.15) is 0 Å². The molecular weight excluding hydrogens is 226 g/mol. The van der Waals surface area contributed by atoms with Gasteiger partial charge in [-0.1, -0.05) is 12.1 Å². The molecule has 1 amide bonds. The second-order valence-corrected chi connectivity index (χ2v) is 3.47. The fraction of sp³-hybridized carbons (Fsp3) is 0.273. The summed E-state index contributed by atoms with van der Waals surface area (Å²) in [7, 11) is 0. The van der Waals surface area contributed by atoms with Crippen LogP contribution in [0.4, 0.5) is 0 Å². The quantitative estimate of drug-likeness (QED) is 0.667. The van der Waals surface area contributed by atoms with E-state index in [1.165, 1.54) is 12.1 Å². The molecule has 0 fully saturated rings. The topological polar surface area (TPSA) is 107 Å². The van der Waals surface area contributed by atoms with Crippen LogP contribution in [-0.4, -0.2) is 34.7 Å². The number of hydrogen-bond acceptors (Lipinski definition) is 3. The second-order valence-electron chi connectivity index (χ2n) is 3.47. The van der Waals surface area contributed by atoms with Crippen LogP contribution in [0.3, 0.4) is 0 Å². The maximum atomic E-state index is 10.9. The number of rotatable bonds is 5. The van der Waals surface area contributed by atoms with Crippen LogP contribution in [0.25, 0.3) is 0 Å². The van der Waals surface area contributed by atoms with Crippen LogP contribution in [0.15, 0.2) is 24.3 Å². The minimum Gasteiger partial charge on any atom is -0.508 e. The number of hydrogen-bond donors (Lipinski definition) is 3. The van der Waals surface area contributed by atoms with Crippen molar-refractivity contribution in [1.29, 1.82) is 0 Å². The van der Waals surface area contributed by atoms with Crippen LogP contribution in [0, 0.1) is 0 Å². The van der Waals surface area contributed by atoms with Crippen molar-refractivity contribution in [2.75, 3.05) is 6.61 Å². The van der Waals surface area contributed by atoms with Gasteiger partial charge in [-0.25, -0.2) is 9.90 Å². The van der Waals surface area contributed by atoms with Crippen molar-refractivity contribution in [3.8, 4) is 5.75 Å². The third-order valence-corrected chi connectivity index (χ3v) is 2.14. The lowest BCUT2D eigenvalue weighted by atomic mass is 10.1. The Morgan fingerprint density at radius 1 is 1.24 bits per heavy atom. The van der Waals surface area contributed by atoms with Gasteiger partial charge in [0.25, 0.3) is 0 Å². The SMILES string of the molecule is [O]CC(=O)NC(Cc1ccc(O)cc1)C(=O)O. The van der Waals surface area contributed by atoms with E-state index in [2.05, 4.69) is 5.32 Å². The molecule has 17 heavy (non-hydrogen) atoms. The van der Waals surface area contributed by atoms with E-state index in [0.717, 1.165) is 0 Å². The van der Waals surface area contributed by atoms with Gasteiger partial charge >= 0.3 is 5.97 Å². The first-order chi connectivity index (χ1) is 8.02. The van der Waals surface area contributed by atoms with Crippen LogP contribution >= 0.6 is 0 Å². The highest BCUT2D eigenvalue weighted by Gasteiger charge is 2.20. The third kappa shape index (κ3) is 4.12. The van der Waals surface area contributed by atoms with Gasteiger partial charge < -0.3 is 15.5 Å². The molecule has 1 rings (SSSR count). The van der Waals surface area contributed by atoms with Crippen LogP contribution in [0.1, 0.15) is 5.56 Å². The van der Waals surface area contributed by atoms with Crippen molar-refractivity contribution < 1.29 is 24.9 Å². The molecule has 0 saturated carbocycles. The number of amides is 1. The Morgan fingerprint density at radius 3 is 2.29 bits per heavy atom. The fourth-order valence-corrected chi connectivity index (χ4v) is 1.30. The molecule has 0 bridgehead atoms. The highest BCUT2D eigenvalue weighted by molar-refractivity contribution is 5.84. The van der Waals surface area contributed by atoms with Gasteiger partial charge in [0.15, 0.2) is 6.61 Å². The molecule has 3 N–H and O–H groups in total. The first-order valence-corrected chi connectivity index (χ1v) is 4.91. The van der Waals surface area contributed by atoms with E-state index >= 15 is 0 Å². The van der Waals surface area contributed by atoms with Crippen molar-refractivity contribution in [3.05, 3.63) is 29.8 Å². The van der Waals surface area contributed by atoms with Gasteiger partial charge in [-0.3, -0.25) is 4.79 Å². The minimum atomic E-state index is -1.21. The van der Waals surface area contributed by atoms with E-state index in [1.807, 2.05) is 0 Å². The molecule has 1 aromatic rings. The van der Waals surface area contributed by atoms with E-state index in [-0.39, 0.29) is 12.2 Å². The van der Waals surface area contributed by atoms with Gasteiger partial charge in [-0.05, 0) is 17.7 Å². The number of carbonyl (C=O) groups is 2. The smallest absolute Gasteiger partial charge is 0.326 e. The summed E-state index contributed by atoms with van der Waals surface area (Å²) in [6.07, 6.45) is 0.0569. The monoisotopic (exact) mass is 238 g/mol. The molecule has 6 heteroatoms. The number of aromatic hydroxyl groups is 1. The highest BCUT2D eigenvalue weighted by atomic mass is 16.4. The Labute approximate surface area is 97.5 Å². The first-order valence-electron chi connectivity index (χ1n) is 4.91. The summed E-state index contributed by atoms with van der Waals surface area (Å²) in [6, 6.07) is 4.80. The number of carboxylic acid groups (broad SMARTS) is 1. The summed E-state index contributed by atoms with van der Waals surface area (Å²) >= 11 is 0. The zero-order valence-corrected chi connectivity index (χ0v) is 8.92. The maximum absolute atomic E-state index is 10.9. The molecule has 1 unspecified atom stereocenters. The standard InChI is InChI=1S/C11H12NO5/c13-6-10(15)12-9(11(16)17)5-7-1-3-8(14)4-2-7/h1-4,9,14H,5-6H2,(H,12,15)(H,16,17). The third-order valence-electron chi connectivity index (χ3n) is 2.14. The molecule has 0 spiro atoms. The molecule has 6 nitrogen and oxygen atoms in total. The summed E-state index contributed by atoms with van der Waals surface area (Å²) in [6.45, 7) is -1.00. The molecule has 1 radical (unpaired) electrons. The first kappa shape index (κ1) is 13.0. The molecule has 91 valence electrons. The molecule has 0 saturated heterocycles. The van der Waals surface area contributed by atoms with Crippen molar-refractivity contribution >= 4 is 11.9 Å². The van der Waals surface area contributed by atoms with Gasteiger partial charge in [0.1, 0.15) is 11.8 Å². The Morgan fingerprint density at radius 2 is 1.82 bits per heavy atom. The summed E-state index contributed by atoms with van der Waals surface area (Å²) in [5.74, 6) is -1.99. The number of carbonyl (C=O) groups excluding carboxylic acids is 1. The van der Waals surface area contributed by atoms with Crippen molar-refractivity contribution in [1.82, 2.24) is 5.32 Å². The Bertz CT molecular complexity index is 401. The maximum Gasteiger partial charge on any atom is 0.326 e. The Hall–Kier alpha value is -2.08. The number of nitrogens with one attached hydrogen (secondary N) is 1. The number of aliphatic carboxylic acids is 1. The lowest BCUT2D eigenvalue weighted by molar-refractivity contribution is -0.142. The average molecular weight is 238 g/mol. The van der Waals surface area contributed by atoms with E-state index in [4.69, 9.17) is 10.2 Å². The molecule has 1 atom stereocenters. The summed E-state index contributed by atoms with van der Waals surface area (Å²) in [5.41, 5.74) is 0.640. The normalized spacial score (nSPS) is 11.8. The van der Waals surface area contributed by atoms with Crippen LogP contribution in [0.2, 0.25) is 0 Å². The predicted octanol–water partition coefficient (Wildman–Crippen LogP) is -0.0654. The summed E-state index contributed by atoms with van der Waals surface area (Å²) in [5, 5.41) is 30.3. The zero-order valence-electron chi connectivity index (χ0n) is 8.92. The molecule has 0 aromatic heterocycles. The molecule has 0 aliphatic carbocycles. The lowest BCUT2D eigenvalue weighted by Gasteiger charge is -2.13. The average Bonchev–Trinajstić information content (AvgIpc) is 2.30. The molecule has 0 heterocycles. The van der Waals surface area contributed by atoms with Gasteiger partial charge in [0, 0.05) is 6.42 Å². The molecule has 0 aliphatic rings.